The number of pyridine rings is 1. The molecule has 2 saturated heterocycles. The van der Waals surface area contributed by atoms with Crippen LogP contribution in [0.4, 0.5) is 28.9 Å². The number of nitrogens with one attached hydrogen (secondary N) is 2. The number of ether oxygens (including phenoxy) is 3. The fourth-order valence-electron chi connectivity index (χ4n) is 8.54. The van der Waals surface area contributed by atoms with Crippen molar-refractivity contribution in [2.24, 2.45) is 5.41 Å². The Morgan fingerprint density at radius 3 is 2.32 bits per heavy atom. The van der Waals surface area contributed by atoms with Gasteiger partial charge in [0.05, 0.1) is 64.6 Å². The molecule has 380 valence electrons. The third-order valence-corrected chi connectivity index (χ3v) is 13.6. The van der Waals surface area contributed by atoms with Crippen molar-refractivity contribution in [1.82, 2.24) is 25.5 Å². The van der Waals surface area contributed by atoms with Gasteiger partial charge in [0.2, 0.25) is 23.6 Å². The number of thiazole rings is 1. The summed E-state index contributed by atoms with van der Waals surface area (Å²) in [5.74, 6) is -3.31. The fourth-order valence-corrected chi connectivity index (χ4v) is 9.85. The second-order valence-corrected chi connectivity index (χ2v) is 20.1. The predicted octanol–water partition coefficient (Wildman–Crippen LogP) is 8.11. The molecule has 0 unspecified atom stereocenters. The lowest BCUT2D eigenvalue weighted by Crippen LogP contribution is -2.58. The van der Waals surface area contributed by atoms with Crippen molar-refractivity contribution in [2.75, 3.05) is 49.4 Å². The van der Waals surface area contributed by atoms with Gasteiger partial charge in [-0.15, -0.1) is 11.3 Å². The molecule has 0 saturated carbocycles. The molecule has 2 aliphatic heterocycles. The molecule has 2 aromatic heterocycles. The molecule has 2 aliphatic rings. The number of anilines is 2. The van der Waals surface area contributed by atoms with Crippen LogP contribution in [0.2, 0.25) is 0 Å². The number of hydrogen-bond acceptors (Lipinski definition) is 12. The SMILES string of the molecule is Cc1cc(OCCCCOCCOCC(=O)N[C@H](C(=O)N2CCC[C@H]2C(=O)NCc2ccc(-c3scnc3C)cc2)C(C)(C)C)nc(C)c1N1C(=S)N(c2ccc(C#N)c(C(F)(F)F)c2F)C(=O)C1(C)C. The van der Waals surface area contributed by atoms with Crippen molar-refractivity contribution in [3.63, 3.8) is 0 Å². The molecule has 2 N–H and O–H groups in total. The normalized spacial score (nSPS) is 16.3. The summed E-state index contributed by atoms with van der Waals surface area (Å²) in [5.41, 5.74) is 0.608. The average Bonchev–Trinajstić information content (AvgIpc) is 4.01. The van der Waals surface area contributed by atoms with Crippen LogP contribution in [0.3, 0.4) is 0 Å². The molecule has 4 aromatic rings. The molecule has 4 amide bonds. The minimum atomic E-state index is -5.20. The van der Waals surface area contributed by atoms with E-state index in [9.17, 15) is 37.6 Å². The minimum absolute atomic E-state index is 0.131. The fraction of sp³-hybridized carbons (Fsp3) is 0.480. The first-order valence-corrected chi connectivity index (χ1v) is 24.4. The second-order valence-electron chi connectivity index (χ2n) is 18.9. The van der Waals surface area contributed by atoms with Crippen molar-refractivity contribution in [1.29, 1.82) is 5.26 Å². The van der Waals surface area contributed by atoms with E-state index in [1.54, 1.807) is 36.2 Å². The lowest BCUT2D eigenvalue weighted by Gasteiger charge is -2.35. The van der Waals surface area contributed by atoms with E-state index >= 15 is 4.39 Å². The van der Waals surface area contributed by atoms with Gasteiger partial charge in [-0.1, -0.05) is 45.0 Å². The van der Waals surface area contributed by atoms with E-state index < -0.39 is 63.7 Å². The van der Waals surface area contributed by atoms with Gasteiger partial charge in [0, 0.05) is 25.8 Å². The molecule has 0 radical (unpaired) electrons. The highest BCUT2D eigenvalue weighted by Gasteiger charge is 2.53. The molecule has 2 fully saturated rings. The average molecular weight is 1020 g/mol. The van der Waals surface area contributed by atoms with E-state index in [1.807, 2.05) is 57.5 Å². The number of carbonyl (C=O) groups is 4. The number of nitrogens with zero attached hydrogens (tertiary/aromatic N) is 6. The molecule has 21 heteroatoms. The van der Waals surface area contributed by atoms with Gasteiger partial charge in [-0.2, -0.15) is 18.4 Å². The van der Waals surface area contributed by atoms with E-state index in [2.05, 4.69) is 20.6 Å². The number of halogens is 4. The van der Waals surface area contributed by atoms with Crippen LogP contribution >= 0.6 is 23.6 Å². The van der Waals surface area contributed by atoms with Crippen molar-refractivity contribution < 1.29 is 51.0 Å². The number of rotatable bonds is 19. The number of amides is 4. The monoisotopic (exact) mass is 1020 g/mol. The number of aryl methyl sites for hydroxylation is 3. The summed E-state index contributed by atoms with van der Waals surface area (Å²) in [6, 6.07) is 11.1. The Bertz CT molecular complexity index is 2660. The Morgan fingerprint density at radius 1 is 1.00 bits per heavy atom. The molecular formula is C50H58F4N8O7S2. The lowest BCUT2D eigenvalue weighted by atomic mass is 9.85. The molecule has 6 rings (SSSR count). The van der Waals surface area contributed by atoms with Crippen molar-refractivity contribution in [3.8, 4) is 22.4 Å². The van der Waals surface area contributed by atoms with Crippen LogP contribution in [0.5, 0.6) is 5.88 Å². The van der Waals surface area contributed by atoms with Crippen molar-refractivity contribution in [2.45, 2.75) is 111 Å². The maximum Gasteiger partial charge on any atom is 0.420 e. The van der Waals surface area contributed by atoms with Crippen LogP contribution < -0.4 is 25.2 Å². The number of unbranched alkanes of at least 4 members (excludes halogenated alkanes) is 1. The third-order valence-electron chi connectivity index (χ3n) is 12.2. The third kappa shape index (κ3) is 12.3. The molecule has 15 nitrogen and oxygen atoms in total. The van der Waals surface area contributed by atoms with Crippen molar-refractivity contribution in [3.05, 3.63) is 87.4 Å². The Hall–Kier alpha value is -6.08. The van der Waals surface area contributed by atoms with Crippen LogP contribution in [0, 0.1) is 43.3 Å². The molecule has 2 aromatic carbocycles. The first kappa shape index (κ1) is 54.3. The van der Waals surface area contributed by atoms with Gasteiger partial charge in [0.1, 0.15) is 29.8 Å². The highest BCUT2D eigenvalue weighted by atomic mass is 32.1. The first-order chi connectivity index (χ1) is 33.5. The summed E-state index contributed by atoms with van der Waals surface area (Å²) < 4.78 is 74.1. The molecule has 71 heavy (non-hydrogen) atoms. The first-order valence-electron chi connectivity index (χ1n) is 23.1. The maximum absolute atomic E-state index is 15.5. The van der Waals surface area contributed by atoms with Gasteiger partial charge in [-0.05, 0) is 107 Å². The number of hydrogen-bond donors (Lipinski definition) is 2. The van der Waals surface area contributed by atoms with Gasteiger partial charge >= 0.3 is 6.18 Å². The zero-order valence-corrected chi connectivity index (χ0v) is 42.6. The molecule has 0 aliphatic carbocycles. The van der Waals surface area contributed by atoms with Crippen LogP contribution in [0.1, 0.15) is 93.9 Å². The van der Waals surface area contributed by atoms with Gasteiger partial charge in [0.25, 0.3) is 5.91 Å². The van der Waals surface area contributed by atoms with Gasteiger partial charge < -0.3 is 34.6 Å². The van der Waals surface area contributed by atoms with E-state index in [-0.39, 0.29) is 49.2 Å². The Morgan fingerprint density at radius 2 is 1.69 bits per heavy atom. The number of alkyl halides is 3. The smallest absolute Gasteiger partial charge is 0.420 e. The summed E-state index contributed by atoms with van der Waals surface area (Å²) in [6.07, 6.45) is -2.80. The van der Waals surface area contributed by atoms with Crippen LogP contribution in [0.25, 0.3) is 10.4 Å². The maximum atomic E-state index is 15.5. The number of likely N-dealkylation sites (tertiary alicyclic amines) is 1. The Balaban J connectivity index is 0.909. The van der Waals surface area contributed by atoms with Crippen LogP contribution in [0.15, 0.2) is 48.0 Å². The zero-order chi connectivity index (χ0) is 52.0. The summed E-state index contributed by atoms with van der Waals surface area (Å²) in [7, 11) is 0. The highest BCUT2D eigenvalue weighted by Crippen LogP contribution is 2.43. The number of nitriles is 1. The summed E-state index contributed by atoms with van der Waals surface area (Å²) in [6.45, 7) is 15.4. The topological polar surface area (TPSA) is 179 Å². The standard InChI is InChI=1S/C50H58F4N8O7S2/c1-29-24-38(58-30(2)41(29)62-47(70)61(46(66)49(62,7)8)35-18-17-34(25-55)39(40(35)51)50(52,53)54)69-21-10-9-20-67-22-23-68-27-37(63)59-43(48(4,5)6)45(65)60-19-11-12-36(60)44(64)56-26-32-13-15-33(16-14-32)42-31(3)57-28-71-42/h13-18,24,28,36,43H,9-12,19-23,26-27H2,1-8H3,(H,56,64)(H,59,63)/t36-,43+/m0/s1. The van der Waals surface area contributed by atoms with E-state index in [0.29, 0.717) is 67.2 Å². The predicted molar refractivity (Wildman–Crippen MR) is 263 cm³/mol. The minimum Gasteiger partial charge on any atom is -0.478 e. The molecule has 0 bridgehead atoms. The lowest BCUT2D eigenvalue weighted by molar-refractivity contribution is -0.144. The molecule has 2 atom stereocenters. The van der Waals surface area contributed by atoms with Gasteiger partial charge in [-0.3, -0.25) is 24.1 Å². The highest BCUT2D eigenvalue weighted by molar-refractivity contribution is 7.81. The Kier molecular flexibility index (Phi) is 17.2. The van der Waals surface area contributed by atoms with E-state index in [4.69, 9.17) is 26.4 Å². The number of aromatic nitrogens is 2. The van der Waals surface area contributed by atoms with Gasteiger partial charge in [-0.25, -0.2) is 14.4 Å². The summed E-state index contributed by atoms with van der Waals surface area (Å²) >= 11 is 7.18. The number of thiocarbonyl (C=S) groups is 1. The summed E-state index contributed by atoms with van der Waals surface area (Å²) in [4.78, 5) is 67.7. The molecule has 4 heterocycles. The quantitative estimate of drug-likeness (QED) is 0.0525. The molecule has 0 spiro atoms. The summed E-state index contributed by atoms with van der Waals surface area (Å²) in [5, 5.41) is 14.8. The second kappa shape index (κ2) is 22.6. The molecular weight excluding hydrogens is 965 g/mol. The van der Waals surface area contributed by atoms with Crippen molar-refractivity contribution >= 4 is 63.7 Å². The number of benzene rings is 2. The zero-order valence-electron chi connectivity index (χ0n) is 40.9. The number of carbonyl (C=O) groups excluding carboxylic acids is 4. The van der Waals surface area contributed by atoms with Crippen LogP contribution in [-0.2, 0) is 41.4 Å². The van der Waals surface area contributed by atoms with E-state index in [1.165, 1.54) is 24.8 Å². The van der Waals surface area contributed by atoms with Gasteiger partial charge in [0.15, 0.2) is 10.9 Å². The van der Waals surface area contributed by atoms with Crippen LogP contribution in [-0.4, -0.2) is 101 Å². The largest absolute Gasteiger partial charge is 0.478 e. The Labute approximate surface area is 419 Å². The van der Waals surface area contributed by atoms with E-state index in [0.717, 1.165) is 33.8 Å².